The minimum Gasteiger partial charge on any atom is -0.507 e. The molecule has 0 aliphatic rings. The summed E-state index contributed by atoms with van der Waals surface area (Å²) in [6, 6.07) is 17.7. The van der Waals surface area contributed by atoms with Crippen molar-refractivity contribution in [2.45, 2.75) is 16.7 Å². The molecule has 0 aromatic heterocycles. The van der Waals surface area contributed by atoms with Crippen molar-refractivity contribution in [1.29, 1.82) is 0 Å². The summed E-state index contributed by atoms with van der Waals surface area (Å²) in [5.74, 6) is -1.74. The van der Waals surface area contributed by atoms with Gasteiger partial charge in [-0.25, -0.2) is 13.2 Å². The number of phenolic OH excluding ortho intramolecular Hbond substituents is 1. The normalized spacial score (nSPS) is 10.9. The lowest BCUT2D eigenvalue weighted by atomic mass is 10.3. The zero-order valence-corrected chi connectivity index (χ0v) is 17.3. The van der Waals surface area contributed by atoms with Gasteiger partial charge < -0.3 is 19.9 Å². The third-order valence-corrected chi connectivity index (χ3v) is 5.88. The Kier molecular flexibility index (Phi) is 6.56. The van der Waals surface area contributed by atoms with E-state index in [1.54, 1.807) is 25.1 Å². The lowest BCUT2D eigenvalue weighted by Gasteiger charge is -2.11. The SMILES string of the molecule is CCOC(=O)C(=O)Nc1ccc(Oc2ccc(O)c(S(=O)(=O)c3ccccc3)c2)cc1. The minimum absolute atomic E-state index is 0.0455. The Labute approximate surface area is 179 Å². The van der Waals surface area contributed by atoms with E-state index in [9.17, 15) is 23.1 Å². The smallest absolute Gasteiger partial charge is 0.397 e. The van der Waals surface area contributed by atoms with Crippen LogP contribution >= 0.6 is 0 Å². The highest BCUT2D eigenvalue weighted by atomic mass is 32.2. The first kappa shape index (κ1) is 21.8. The maximum Gasteiger partial charge on any atom is 0.397 e. The van der Waals surface area contributed by atoms with E-state index in [0.29, 0.717) is 11.4 Å². The Bertz CT molecular complexity index is 1190. The van der Waals surface area contributed by atoms with Gasteiger partial charge >= 0.3 is 11.9 Å². The predicted octanol–water partition coefficient (Wildman–Crippen LogP) is 3.52. The van der Waals surface area contributed by atoms with Crippen molar-refractivity contribution in [3.63, 3.8) is 0 Å². The van der Waals surface area contributed by atoms with Crippen LogP contribution < -0.4 is 10.1 Å². The summed E-state index contributed by atoms with van der Waals surface area (Å²) >= 11 is 0. The first-order chi connectivity index (χ1) is 14.8. The van der Waals surface area contributed by atoms with E-state index in [-0.39, 0.29) is 22.1 Å². The van der Waals surface area contributed by atoms with E-state index in [4.69, 9.17) is 4.74 Å². The molecule has 0 radical (unpaired) electrons. The Balaban J connectivity index is 1.77. The molecule has 0 unspecified atom stereocenters. The number of ether oxygens (including phenoxy) is 2. The van der Waals surface area contributed by atoms with Crippen LogP contribution in [0.1, 0.15) is 6.92 Å². The molecule has 9 heteroatoms. The van der Waals surface area contributed by atoms with Crippen LogP contribution in [0.2, 0.25) is 0 Å². The number of aromatic hydroxyl groups is 1. The van der Waals surface area contributed by atoms with Crippen LogP contribution in [-0.2, 0) is 24.2 Å². The van der Waals surface area contributed by atoms with Gasteiger partial charge in [0.05, 0.1) is 11.5 Å². The van der Waals surface area contributed by atoms with Gasteiger partial charge in [-0.2, -0.15) is 0 Å². The van der Waals surface area contributed by atoms with Crippen molar-refractivity contribution < 1.29 is 32.6 Å². The molecule has 0 aliphatic carbocycles. The second-order valence-electron chi connectivity index (χ2n) is 6.25. The van der Waals surface area contributed by atoms with Crippen LogP contribution in [0.5, 0.6) is 17.2 Å². The number of carbonyl (C=O) groups excluding carboxylic acids is 2. The molecule has 3 aromatic carbocycles. The molecule has 1 amide bonds. The summed E-state index contributed by atoms with van der Waals surface area (Å²) in [7, 11) is -3.94. The zero-order chi connectivity index (χ0) is 22.4. The number of carbonyl (C=O) groups is 2. The van der Waals surface area contributed by atoms with Crippen molar-refractivity contribution in [2.75, 3.05) is 11.9 Å². The van der Waals surface area contributed by atoms with Crippen molar-refractivity contribution in [3.05, 3.63) is 72.8 Å². The van der Waals surface area contributed by atoms with E-state index >= 15 is 0 Å². The van der Waals surface area contributed by atoms with E-state index in [1.807, 2.05) is 0 Å². The molecular formula is C22H19NO7S. The molecule has 8 nitrogen and oxygen atoms in total. The second kappa shape index (κ2) is 9.31. The van der Waals surface area contributed by atoms with Gasteiger partial charge in [0, 0.05) is 11.8 Å². The highest BCUT2D eigenvalue weighted by molar-refractivity contribution is 7.91. The number of esters is 1. The summed E-state index contributed by atoms with van der Waals surface area (Å²) in [5, 5.41) is 12.5. The third kappa shape index (κ3) is 5.20. The Morgan fingerprint density at radius 2 is 1.58 bits per heavy atom. The van der Waals surface area contributed by atoms with Crippen LogP contribution in [0.4, 0.5) is 5.69 Å². The molecule has 0 fully saturated rings. The Hall–Kier alpha value is -3.85. The molecule has 0 bridgehead atoms. The van der Waals surface area contributed by atoms with Crippen LogP contribution in [0, 0.1) is 0 Å². The van der Waals surface area contributed by atoms with Gasteiger partial charge in [-0.1, -0.05) is 18.2 Å². The molecule has 2 N–H and O–H groups in total. The van der Waals surface area contributed by atoms with E-state index in [0.717, 1.165) is 0 Å². The predicted molar refractivity (Wildman–Crippen MR) is 112 cm³/mol. The molecule has 0 saturated heterocycles. The molecule has 0 atom stereocenters. The highest BCUT2D eigenvalue weighted by Gasteiger charge is 2.22. The average Bonchev–Trinajstić information content (AvgIpc) is 2.77. The summed E-state index contributed by atoms with van der Waals surface area (Å²) in [6.07, 6.45) is 0. The molecule has 0 aliphatic heterocycles. The fraction of sp³-hybridized carbons (Fsp3) is 0.0909. The number of anilines is 1. The van der Waals surface area contributed by atoms with E-state index < -0.39 is 27.5 Å². The first-order valence-electron chi connectivity index (χ1n) is 9.20. The summed E-state index contributed by atoms with van der Waals surface area (Å²) < 4.78 is 35.9. The average molecular weight is 441 g/mol. The number of hydrogen-bond acceptors (Lipinski definition) is 7. The third-order valence-electron chi connectivity index (χ3n) is 4.08. The molecule has 3 rings (SSSR count). The number of sulfone groups is 1. The molecule has 3 aromatic rings. The van der Waals surface area contributed by atoms with Gasteiger partial charge in [-0.3, -0.25) is 4.79 Å². The monoisotopic (exact) mass is 441 g/mol. The standard InChI is InChI=1S/C22H19NO7S/c1-2-29-22(26)21(25)23-15-8-10-16(11-9-15)30-17-12-13-19(24)20(14-17)31(27,28)18-6-4-3-5-7-18/h3-14,24H,2H2,1H3,(H,23,25). The van der Waals surface area contributed by atoms with Gasteiger partial charge in [0.2, 0.25) is 9.84 Å². The highest BCUT2D eigenvalue weighted by Crippen LogP contribution is 2.33. The summed E-state index contributed by atoms with van der Waals surface area (Å²) in [6.45, 7) is 1.69. The number of rotatable bonds is 6. The molecule has 31 heavy (non-hydrogen) atoms. The van der Waals surface area contributed by atoms with Gasteiger partial charge in [0.25, 0.3) is 0 Å². The molecule has 0 spiro atoms. The van der Waals surface area contributed by atoms with Crippen molar-refractivity contribution in [1.82, 2.24) is 0 Å². The van der Waals surface area contributed by atoms with Gasteiger partial charge in [-0.15, -0.1) is 0 Å². The number of nitrogens with one attached hydrogen (secondary N) is 1. The van der Waals surface area contributed by atoms with Crippen LogP contribution in [0.3, 0.4) is 0 Å². The van der Waals surface area contributed by atoms with Gasteiger partial charge in [0.1, 0.15) is 22.1 Å². The second-order valence-corrected chi connectivity index (χ2v) is 8.17. The maximum absolute atomic E-state index is 12.8. The lowest BCUT2D eigenvalue weighted by Crippen LogP contribution is -2.24. The topological polar surface area (TPSA) is 119 Å². The van der Waals surface area contributed by atoms with Crippen molar-refractivity contribution in [3.8, 4) is 17.2 Å². The lowest BCUT2D eigenvalue weighted by molar-refractivity contribution is -0.152. The number of amides is 1. The van der Waals surface area contributed by atoms with Crippen LogP contribution in [-0.4, -0.2) is 32.0 Å². The van der Waals surface area contributed by atoms with Crippen LogP contribution in [0.15, 0.2) is 82.6 Å². The molecule has 0 saturated carbocycles. The molecule has 0 heterocycles. The van der Waals surface area contributed by atoms with Gasteiger partial charge in [-0.05, 0) is 55.5 Å². The number of phenols is 1. The maximum atomic E-state index is 12.8. The van der Waals surface area contributed by atoms with Gasteiger partial charge in [0.15, 0.2) is 0 Å². The quantitative estimate of drug-likeness (QED) is 0.444. The number of hydrogen-bond donors (Lipinski definition) is 2. The zero-order valence-electron chi connectivity index (χ0n) is 16.4. The fourth-order valence-corrected chi connectivity index (χ4v) is 4.01. The van der Waals surface area contributed by atoms with E-state index in [2.05, 4.69) is 10.1 Å². The molecule has 160 valence electrons. The fourth-order valence-electron chi connectivity index (χ4n) is 2.62. The van der Waals surface area contributed by atoms with E-state index in [1.165, 1.54) is 54.6 Å². The minimum atomic E-state index is -3.94. The first-order valence-corrected chi connectivity index (χ1v) is 10.7. The van der Waals surface area contributed by atoms with Crippen molar-refractivity contribution >= 4 is 27.4 Å². The summed E-state index contributed by atoms with van der Waals surface area (Å²) in [4.78, 5) is 22.8. The number of benzene rings is 3. The Morgan fingerprint density at radius 1 is 0.935 bits per heavy atom. The largest absolute Gasteiger partial charge is 0.507 e. The molecular weight excluding hydrogens is 422 g/mol. The van der Waals surface area contributed by atoms with Crippen LogP contribution in [0.25, 0.3) is 0 Å². The summed E-state index contributed by atoms with van der Waals surface area (Å²) in [5.41, 5.74) is 0.350. The van der Waals surface area contributed by atoms with Crippen molar-refractivity contribution in [2.24, 2.45) is 0 Å². The Morgan fingerprint density at radius 3 is 2.23 bits per heavy atom.